The number of nitrogens with zero attached hydrogens (tertiary/aromatic N) is 3. The average Bonchev–Trinajstić information content (AvgIpc) is 2.91. The van der Waals surface area contributed by atoms with Crippen LogP contribution in [0.1, 0.15) is 59.1 Å². The van der Waals surface area contributed by atoms with Crippen LogP contribution in [0.5, 0.6) is 0 Å². The molecule has 0 atom stereocenters. The molecule has 0 saturated carbocycles. The molecule has 2 aromatic heterocycles. The van der Waals surface area contributed by atoms with Gasteiger partial charge in [-0.3, -0.25) is 9.78 Å². The molecule has 0 aliphatic heterocycles. The number of benzene rings is 1. The number of aromatic amines is 1. The lowest BCUT2D eigenvalue weighted by Crippen LogP contribution is -2.24. The average molecular weight is 496 g/mol. The Morgan fingerprint density at radius 2 is 1.86 bits per heavy atom. The summed E-state index contributed by atoms with van der Waals surface area (Å²) in [6.45, 7) is 18.0. The molecule has 2 heterocycles. The van der Waals surface area contributed by atoms with E-state index in [2.05, 4.69) is 35.4 Å². The van der Waals surface area contributed by atoms with Crippen LogP contribution in [0.25, 0.3) is 5.57 Å². The highest BCUT2D eigenvalue weighted by molar-refractivity contribution is 5.72. The van der Waals surface area contributed by atoms with Crippen LogP contribution < -0.4 is 15.8 Å². The van der Waals surface area contributed by atoms with E-state index in [4.69, 9.17) is 9.78 Å². The van der Waals surface area contributed by atoms with Crippen molar-refractivity contribution in [1.82, 2.24) is 15.0 Å². The van der Waals surface area contributed by atoms with Gasteiger partial charge in [-0.2, -0.15) is 0 Å². The van der Waals surface area contributed by atoms with Crippen LogP contribution in [-0.2, 0) is 11.2 Å². The monoisotopic (exact) mass is 495 g/mol. The maximum absolute atomic E-state index is 12.7. The second kappa shape index (κ2) is 18.3. The highest BCUT2D eigenvalue weighted by atomic mass is 16.1. The van der Waals surface area contributed by atoms with Crippen molar-refractivity contribution in [3.8, 4) is 0 Å². The summed E-state index contributed by atoms with van der Waals surface area (Å²) in [5.74, 6) is 0.626. The Morgan fingerprint density at radius 1 is 1.19 bits per heavy atom. The highest BCUT2D eigenvalue weighted by Gasteiger charge is 2.17. The Balaban J connectivity index is -0.000000798. The summed E-state index contributed by atoms with van der Waals surface area (Å²) in [6, 6.07) is 11.9. The summed E-state index contributed by atoms with van der Waals surface area (Å²) in [4.78, 5) is 33.9. The van der Waals surface area contributed by atoms with E-state index in [0.717, 1.165) is 29.7 Å². The van der Waals surface area contributed by atoms with E-state index < -0.39 is 0 Å². The number of hydrogen-bond donors (Lipinski definition) is 2. The topological polar surface area (TPSA) is 91.0 Å². The van der Waals surface area contributed by atoms with Gasteiger partial charge < -0.3 is 20.0 Å². The number of rotatable bonds is 8. The van der Waals surface area contributed by atoms with E-state index in [-0.39, 0.29) is 8.41 Å². The molecule has 0 saturated heterocycles. The maximum Gasteiger partial charge on any atom is 0.275 e. The van der Waals surface area contributed by atoms with Crippen LogP contribution in [0.15, 0.2) is 72.9 Å². The molecule has 3 aromatic rings. The third-order valence-electron chi connectivity index (χ3n) is 4.91. The molecule has 36 heavy (non-hydrogen) atoms. The van der Waals surface area contributed by atoms with Crippen molar-refractivity contribution in [3.05, 3.63) is 101 Å². The molecular weight excluding hydrogens is 450 g/mol. The van der Waals surface area contributed by atoms with E-state index in [1.54, 1.807) is 24.3 Å². The van der Waals surface area contributed by atoms with E-state index in [1.165, 1.54) is 5.56 Å². The molecule has 0 amide bonds. The largest absolute Gasteiger partial charge is 0.388 e. The molecular formula is C29H45N5O2. The first-order valence-electron chi connectivity index (χ1n) is 12.0. The fourth-order valence-electron chi connectivity index (χ4n) is 3.23. The number of para-hydroxylation sites is 1. The summed E-state index contributed by atoms with van der Waals surface area (Å²) in [7, 11) is 3.67. The summed E-state index contributed by atoms with van der Waals surface area (Å²) in [6.07, 6.45) is 7.48. The third kappa shape index (κ3) is 10.1. The predicted octanol–water partition coefficient (Wildman–Crippen LogP) is 6.52. The van der Waals surface area contributed by atoms with E-state index in [9.17, 15) is 4.79 Å². The van der Waals surface area contributed by atoms with Gasteiger partial charge in [0.15, 0.2) is 0 Å². The molecule has 2 N–H and O–H groups in total. The van der Waals surface area contributed by atoms with Crippen molar-refractivity contribution in [2.45, 2.75) is 47.0 Å². The van der Waals surface area contributed by atoms with Crippen LogP contribution in [0, 0.1) is 6.92 Å². The molecule has 7 heteroatoms. The summed E-state index contributed by atoms with van der Waals surface area (Å²) in [5, 5.41) is 3.17. The normalized spacial score (nSPS) is 9.17. The Labute approximate surface area is 219 Å². The van der Waals surface area contributed by atoms with Crippen LogP contribution in [0.3, 0.4) is 0 Å². The van der Waals surface area contributed by atoms with Gasteiger partial charge in [0.2, 0.25) is 0 Å². The zero-order chi connectivity index (χ0) is 27.5. The SMILES string of the molecule is C=CN(C)c1c(C(=C)CCC)nc(Cc2ccccc2NC)[nH]c1=O.C=O.CC.Cc1cccnc1.[HH].[HH]. The summed E-state index contributed by atoms with van der Waals surface area (Å²) < 4.78 is 0. The molecule has 0 aliphatic carbocycles. The van der Waals surface area contributed by atoms with Crippen LogP contribution >= 0.6 is 0 Å². The zero-order valence-corrected chi connectivity index (χ0v) is 22.6. The summed E-state index contributed by atoms with van der Waals surface area (Å²) in [5.41, 5.74) is 5.12. The molecule has 198 valence electrons. The molecule has 1 aromatic carbocycles. The molecule has 7 nitrogen and oxygen atoms in total. The van der Waals surface area contributed by atoms with Gasteiger partial charge in [0.1, 0.15) is 18.3 Å². The molecule has 0 bridgehead atoms. The van der Waals surface area contributed by atoms with E-state index >= 15 is 0 Å². The number of aromatic nitrogens is 3. The smallest absolute Gasteiger partial charge is 0.275 e. The van der Waals surface area contributed by atoms with Gasteiger partial charge in [-0.25, -0.2) is 4.98 Å². The Morgan fingerprint density at radius 3 is 2.36 bits per heavy atom. The lowest BCUT2D eigenvalue weighted by Gasteiger charge is -2.18. The lowest BCUT2D eigenvalue weighted by atomic mass is 10.1. The number of nitrogens with one attached hydrogen (secondary N) is 2. The number of carbonyl (C=O) groups is 1. The molecule has 0 radical (unpaired) electrons. The number of H-pyrrole nitrogens is 1. The summed E-state index contributed by atoms with van der Waals surface area (Å²) >= 11 is 0. The minimum Gasteiger partial charge on any atom is -0.388 e. The molecule has 3 rings (SSSR count). The second-order valence-electron chi connectivity index (χ2n) is 7.47. The first kappa shape index (κ1) is 32.0. The Bertz CT molecular complexity index is 1120. The van der Waals surface area contributed by atoms with Crippen molar-refractivity contribution in [2.75, 3.05) is 24.3 Å². The molecule has 0 spiro atoms. The fraction of sp³-hybridized carbons (Fsp3) is 0.310. The van der Waals surface area contributed by atoms with E-state index in [0.29, 0.717) is 23.6 Å². The lowest BCUT2D eigenvalue weighted by molar-refractivity contribution is -0.0979. The number of aryl methyl sites for hydroxylation is 1. The van der Waals surface area contributed by atoms with Gasteiger partial charge >= 0.3 is 0 Å². The van der Waals surface area contributed by atoms with Gasteiger partial charge in [-0.05, 0) is 48.4 Å². The Hall–Kier alpha value is -4.00. The molecule has 0 aliphatic rings. The number of allylic oxidation sites excluding steroid dienone is 1. The number of carbonyl (C=O) groups excluding carboxylic acids is 1. The van der Waals surface area contributed by atoms with Crippen molar-refractivity contribution in [3.63, 3.8) is 0 Å². The number of hydrogen-bond acceptors (Lipinski definition) is 6. The van der Waals surface area contributed by atoms with Crippen LogP contribution in [0.4, 0.5) is 11.4 Å². The van der Waals surface area contributed by atoms with E-state index in [1.807, 2.05) is 77.2 Å². The van der Waals surface area contributed by atoms with Crippen molar-refractivity contribution >= 4 is 23.7 Å². The van der Waals surface area contributed by atoms with Gasteiger partial charge in [0.05, 0.1) is 5.69 Å². The minimum atomic E-state index is -0.179. The quantitative estimate of drug-likeness (QED) is 0.370. The highest BCUT2D eigenvalue weighted by Crippen LogP contribution is 2.25. The third-order valence-corrected chi connectivity index (χ3v) is 4.91. The van der Waals surface area contributed by atoms with Crippen molar-refractivity contribution < 1.29 is 7.65 Å². The van der Waals surface area contributed by atoms with Gasteiger partial charge in [-0.1, -0.05) is 64.6 Å². The van der Waals surface area contributed by atoms with Gasteiger partial charge in [0.25, 0.3) is 5.56 Å². The number of anilines is 2. The van der Waals surface area contributed by atoms with Gasteiger partial charge in [-0.15, -0.1) is 0 Å². The standard InChI is InChI=1S/C20H26N4O.C6H7N.C2H6.CH2O.2H2/c1-6-10-14(3)18-19(24(5)7-2)20(25)23-17(22-18)13-15-11-8-9-12-16(15)21-4;1-6-3-2-4-7-5-6;2*1-2;;/h7-9,11-12,21H,2-3,6,10,13H2,1,4-5H3,(H,22,23,25);2-5H,1H3;1-2H3;1H2;2*1H. The zero-order valence-electron chi connectivity index (χ0n) is 22.6. The Kier molecular flexibility index (Phi) is 16.3. The minimum absolute atomic E-state index is 0. The predicted molar refractivity (Wildman–Crippen MR) is 158 cm³/mol. The second-order valence-corrected chi connectivity index (χ2v) is 7.47. The van der Waals surface area contributed by atoms with Gasteiger partial charge in [0, 0.05) is 41.5 Å². The van der Waals surface area contributed by atoms with Crippen molar-refractivity contribution in [2.24, 2.45) is 0 Å². The number of pyridine rings is 1. The molecule has 0 unspecified atom stereocenters. The van der Waals surface area contributed by atoms with Crippen LogP contribution in [0.2, 0.25) is 0 Å². The fourth-order valence-corrected chi connectivity index (χ4v) is 3.23. The molecule has 0 fully saturated rings. The first-order chi connectivity index (χ1) is 17.4. The maximum atomic E-state index is 12.7. The first-order valence-corrected chi connectivity index (χ1v) is 12.0. The van der Waals surface area contributed by atoms with Crippen molar-refractivity contribution in [1.29, 1.82) is 0 Å². The van der Waals surface area contributed by atoms with Crippen LogP contribution in [-0.4, -0.2) is 35.8 Å².